The van der Waals surface area contributed by atoms with Crippen LogP contribution >= 0.6 is 35.1 Å². The lowest BCUT2D eigenvalue weighted by Gasteiger charge is -2.21. The fourth-order valence-electron chi connectivity index (χ4n) is 4.10. The van der Waals surface area contributed by atoms with Gasteiger partial charge in [0, 0.05) is 29.8 Å². The molecule has 2 aliphatic rings. The third-order valence-electron chi connectivity index (χ3n) is 5.80. The van der Waals surface area contributed by atoms with Gasteiger partial charge < -0.3 is 4.98 Å². The van der Waals surface area contributed by atoms with Gasteiger partial charge in [0.05, 0.1) is 11.7 Å². The molecule has 27 heavy (non-hydrogen) atoms. The number of H-pyrrole nitrogens is 1. The van der Waals surface area contributed by atoms with Gasteiger partial charge in [-0.25, -0.2) is 4.98 Å². The molecule has 4 rings (SSSR count). The maximum Gasteiger partial charge on any atom is 0.154 e. The first kappa shape index (κ1) is 19.3. The van der Waals surface area contributed by atoms with E-state index in [-0.39, 0.29) is 11.4 Å². The Bertz CT molecular complexity index is 907. The monoisotopic (exact) mass is 426 g/mol. The van der Waals surface area contributed by atoms with Crippen LogP contribution in [0.5, 0.6) is 0 Å². The zero-order valence-electron chi connectivity index (χ0n) is 15.1. The van der Waals surface area contributed by atoms with Crippen molar-refractivity contribution < 1.29 is 0 Å². The van der Waals surface area contributed by atoms with Crippen molar-refractivity contribution >= 4 is 52.1 Å². The van der Waals surface area contributed by atoms with Gasteiger partial charge >= 0.3 is 0 Å². The minimum absolute atomic E-state index is 0.128. The lowest BCUT2D eigenvalue weighted by Crippen LogP contribution is -2.34. The quantitative estimate of drug-likeness (QED) is 0.244. The Kier molecular flexibility index (Phi) is 5.31. The molecule has 146 valence electrons. The second-order valence-electron chi connectivity index (χ2n) is 7.61. The van der Waals surface area contributed by atoms with Crippen LogP contribution in [0.4, 0.5) is 0 Å². The van der Waals surface area contributed by atoms with Gasteiger partial charge in [0.15, 0.2) is 5.65 Å². The molecule has 0 spiro atoms. The van der Waals surface area contributed by atoms with Gasteiger partial charge in [0.1, 0.15) is 15.7 Å². The zero-order chi connectivity index (χ0) is 19.2. The van der Waals surface area contributed by atoms with E-state index in [0.29, 0.717) is 29.4 Å². The molecule has 0 aromatic carbocycles. The van der Waals surface area contributed by atoms with Gasteiger partial charge in [-0.15, -0.1) is 23.2 Å². The maximum absolute atomic E-state index is 8.85. The first-order chi connectivity index (χ1) is 12.9. The Labute approximate surface area is 172 Å². The summed E-state index contributed by atoms with van der Waals surface area (Å²) in [6.45, 7) is 2.19. The van der Waals surface area contributed by atoms with E-state index in [0.717, 1.165) is 37.0 Å². The van der Waals surface area contributed by atoms with E-state index in [1.807, 2.05) is 6.07 Å². The Hall–Kier alpha value is -1.02. The van der Waals surface area contributed by atoms with Crippen LogP contribution in [0.1, 0.15) is 32.6 Å². The lowest BCUT2D eigenvalue weighted by atomic mass is 9.92. The molecule has 4 atom stereocenters. The van der Waals surface area contributed by atoms with Crippen LogP contribution in [0, 0.1) is 28.6 Å². The number of aromatic amines is 1. The van der Waals surface area contributed by atoms with Crippen molar-refractivity contribution in [3.63, 3.8) is 0 Å². The van der Waals surface area contributed by atoms with Crippen molar-refractivity contribution in [1.29, 1.82) is 10.8 Å². The summed E-state index contributed by atoms with van der Waals surface area (Å²) < 4.78 is 4.77. The summed E-state index contributed by atoms with van der Waals surface area (Å²) in [6.07, 6.45) is 7.17. The highest BCUT2D eigenvalue weighted by molar-refractivity contribution is 7.97. The van der Waals surface area contributed by atoms with Crippen LogP contribution in [-0.4, -0.2) is 36.5 Å². The molecule has 0 saturated heterocycles. The Morgan fingerprint density at radius 1 is 1.48 bits per heavy atom. The molecule has 0 radical (unpaired) electrons. The average molecular weight is 427 g/mol. The summed E-state index contributed by atoms with van der Waals surface area (Å²) in [5.41, 5.74) is 1.76. The van der Waals surface area contributed by atoms with E-state index in [9.17, 15) is 0 Å². The second kappa shape index (κ2) is 7.43. The first-order valence-corrected chi connectivity index (χ1v) is 11.1. The molecular formula is C18H24Cl2N6S. The minimum Gasteiger partial charge on any atom is -0.345 e. The summed E-state index contributed by atoms with van der Waals surface area (Å²) in [6, 6.07) is 2.25. The lowest BCUT2D eigenvalue weighted by molar-refractivity contribution is 0.454. The number of rotatable bonds is 6. The molecule has 4 N–H and O–H groups in total. The van der Waals surface area contributed by atoms with Crippen molar-refractivity contribution in [2.75, 3.05) is 5.75 Å². The Morgan fingerprint density at radius 2 is 2.26 bits per heavy atom. The Balaban J connectivity index is 1.45. The molecule has 6 nitrogen and oxygen atoms in total. The van der Waals surface area contributed by atoms with E-state index in [4.69, 9.17) is 34.0 Å². The molecule has 9 heteroatoms. The van der Waals surface area contributed by atoms with Gasteiger partial charge in [-0.2, -0.15) is 0 Å². The molecule has 0 bridgehead atoms. The molecule has 2 aliphatic carbocycles. The van der Waals surface area contributed by atoms with Gasteiger partial charge in [0.2, 0.25) is 0 Å². The molecule has 2 heterocycles. The van der Waals surface area contributed by atoms with Crippen LogP contribution in [-0.2, 0) is 0 Å². The van der Waals surface area contributed by atoms with Crippen molar-refractivity contribution in [2.24, 2.45) is 17.8 Å². The van der Waals surface area contributed by atoms with Crippen LogP contribution in [0.3, 0.4) is 0 Å². The summed E-state index contributed by atoms with van der Waals surface area (Å²) >= 11 is 13.9. The predicted molar refractivity (Wildman–Crippen MR) is 111 cm³/mol. The molecule has 2 aromatic rings. The minimum atomic E-state index is -0.522. The van der Waals surface area contributed by atoms with E-state index in [2.05, 4.69) is 21.6 Å². The standard InChI is InChI=1S/C18H24Cl2N6S/c1-2-10-5-12(25-27-9-11-7-18(11,19)20)6-13(10)16(22)26-14-3-4-23-17(14)24-8-15(26)21/h3-4,8,10-13,21-23,25H,2,5-7,9H2,1H3. The molecule has 0 aliphatic heterocycles. The summed E-state index contributed by atoms with van der Waals surface area (Å²) in [5, 5.41) is 17.1. The second-order valence-corrected chi connectivity index (χ2v) is 10.0. The number of nitrogens with one attached hydrogen (secondary N) is 4. The number of alkyl halides is 2. The molecule has 2 aromatic heterocycles. The van der Waals surface area contributed by atoms with Gasteiger partial charge in [-0.3, -0.25) is 20.1 Å². The Morgan fingerprint density at radius 3 is 2.96 bits per heavy atom. The molecular weight excluding hydrogens is 403 g/mol. The summed E-state index contributed by atoms with van der Waals surface area (Å²) in [7, 11) is 0. The van der Waals surface area contributed by atoms with Crippen molar-refractivity contribution in [3.8, 4) is 0 Å². The van der Waals surface area contributed by atoms with E-state index < -0.39 is 4.33 Å². The van der Waals surface area contributed by atoms with E-state index >= 15 is 0 Å². The van der Waals surface area contributed by atoms with Gasteiger partial charge in [-0.05, 0) is 31.2 Å². The number of hydrogen-bond acceptors (Lipinski definition) is 5. The third kappa shape index (κ3) is 3.79. The smallest absolute Gasteiger partial charge is 0.154 e. The normalized spacial score (nSPS) is 29.3. The molecule has 0 amide bonds. The van der Waals surface area contributed by atoms with Gasteiger partial charge in [0.25, 0.3) is 0 Å². The largest absolute Gasteiger partial charge is 0.345 e. The summed E-state index contributed by atoms with van der Waals surface area (Å²) in [4.78, 5) is 7.31. The van der Waals surface area contributed by atoms with Crippen molar-refractivity contribution in [1.82, 2.24) is 19.3 Å². The van der Waals surface area contributed by atoms with Crippen molar-refractivity contribution in [2.45, 2.75) is 43.0 Å². The van der Waals surface area contributed by atoms with Crippen LogP contribution in [0.25, 0.3) is 11.2 Å². The molecule has 2 saturated carbocycles. The average Bonchev–Trinajstić information content (AvgIpc) is 3.00. The molecule has 4 unspecified atom stereocenters. The number of hydrogen-bond donors (Lipinski definition) is 4. The maximum atomic E-state index is 8.85. The SMILES string of the molecule is CCC1CC(NSCC2CC2(Cl)Cl)CC1C(=N)n1c(=N)cnc2[nH]ccc21. The highest BCUT2D eigenvalue weighted by Crippen LogP contribution is 2.54. The number of halogens is 2. The number of fused-ring (bicyclic) bond motifs is 1. The van der Waals surface area contributed by atoms with Crippen LogP contribution in [0.15, 0.2) is 18.5 Å². The summed E-state index contributed by atoms with van der Waals surface area (Å²) in [5.74, 6) is 2.35. The highest BCUT2D eigenvalue weighted by atomic mass is 35.5. The third-order valence-corrected chi connectivity index (χ3v) is 7.80. The first-order valence-electron chi connectivity index (χ1n) is 9.34. The van der Waals surface area contributed by atoms with E-state index in [1.165, 1.54) is 6.20 Å². The zero-order valence-corrected chi connectivity index (χ0v) is 17.5. The van der Waals surface area contributed by atoms with Crippen molar-refractivity contribution in [3.05, 3.63) is 23.9 Å². The van der Waals surface area contributed by atoms with Crippen LogP contribution in [0.2, 0.25) is 0 Å². The molecule has 2 fully saturated rings. The topological polar surface area (TPSA) is 93.3 Å². The van der Waals surface area contributed by atoms with Crippen LogP contribution < -0.4 is 10.2 Å². The van der Waals surface area contributed by atoms with Gasteiger partial charge in [-0.1, -0.05) is 25.3 Å². The predicted octanol–water partition coefficient (Wildman–Crippen LogP) is 3.91. The van der Waals surface area contributed by atoms with E-state index in [1.54, 1.807) is 22.7 Å². The number of aromatic nitrogens is 3. The fraction of sp³-hybridized carbons (Fsp3) is 0.611. The highest BCUT2D eigenvalue weighted by Gasteiger charge is 2.51. The fourth-order valence-corrected chi connectivity index (χ4v) is 5.94. The number of nitrogens with zero attached hydrogens (tertiary/aromatic N) is 2.